The molecular formula is C20H25N3O4. The number of nitrogens with zero attached hydrogens (tertiary/aromatic N) is 1. The van der Waals surface area contributed by atoms with E-state index in [0.717, 1.165) is 18.5 Å². The maximum absolute atomic E-state index is 12.9. The number of piperidine rings is 1. The standard InChI is InChI=1S/C20H25N3O4/c24-17-15-6-1-2-7-16(15)21-20(22-17)8-10-23(11-9-20)18(25)13-4-3-5-14(12-13)19(26)27/h1-2,6-7,13-14,21H,3-5,8-12H2,(H,22,24)(H,26,27)/t13-,14+/m1/s1. The van der Waals surface area contributed by atoms with Crippen LogP contribution in [0.3, 0.4) is 0 Å². The average Bonchev–Trinajstić information content (AvgIpc) is 2.68. The number of para-hydroxylation sites is 1. The maximum atomic E-state index is 12.9. The smallest absolute Gasteiger partial charge is 0.306 e. The molecule has 1 saturated heterocycles. The normalized spacial score (nSPS) is 26.7. The van der Waals surface area contributed by atoms with Crippen molar-refractivity contribution >= 4 is 23.5 Å². The van der Waals surface area contributed by atoms with E-state index >= 15 is 0 Å². The summed E-state index contributed by atoms with van der Waals surface area (Å²) in [5.74, 6) is -1.40. The molecule has 3 aliphatic rings. The van der Waals surface area contributed by atoms with Gasteiger partial charge in [0, 0.05) is 37.5 Å². The highest BCUT2D eigenvalue weighted by atomic mass is 16.4. The van der Waals surface area contributed by atoms with Crippen LogP contribution in [-0.2, 0) is 9.59 Å². The van der Waals surface area contributed by atoms with Gasteiger partial charge in [-0.25, -0.2) is 0 Å². The second kappa shape index (κ2) is 6.87. The SMILES string of the molecule is O=C1NC2(CCN(C(=O)[C@@H]3CCC[C@H](C(=O)O)C3)CC2)Nc2ccccc21. The second-order valence-electron chi connectivity index (χ2n) is 7.93. The molecule has 2 heterocycles. The third-order valence-corrected chi connectivity index (χ3v) is 6.20. The van der Waals surface area contributed by atoms with E-state index < -0.39 is 17.6 Å². The molecule has 1 aliphatic carbocycles. The van der Waals surface area contributed by atoms with Crippen LogP contribution in [0, 0.1) is 11.8 Å². The molecule has 1 aromatic carbocycles. The van der Waals surface area contributed by atoms with Crippen LogP contribution in [0.2, 0.25) is 0 Å². The largest absolute Gasteiger partial charge is 0.481 e. The number of likely N-dealkylation sites (tertiary alicyclic amines) is 1. The third kappa shape index (κ3) is 3.38. The average molecular weight is 371 g/mol. The van der Waals surface area contributed by atoms with Crippen LogP contribution >= 0.6 is 0 Å². The van der Waals surface area contributed by atoms with Crippen molar-refractivity contribution in [2.75, 3.05) is 18.4 Å². The molecule has 2 fully saturated rings. The van der Waals surface area contributed by atoms with E-state index in [1.165, 1.54) is 0 Å². The number of amides is 2. The van der Waals surface area contributed by atoms with Gasteiger partial charge in [0.15, 0.2) is 0 Å². The number of benzene rings is 1. The summed E-state index contributed by atoms with van der Waals surface area (Å²) in [6.07, 6.45) is 3.93. The lowest BCUT2D eigenvalue weighted by Crippen LogP contribution is -2.63. The van der Waals surface area contributed by atoms with Gasteiger partial charge in [-0.05, 0) is 31.4 Å². The van der Waals surface area contributed by atoms with Crippen LogP contribution in [0.25, 0.3) is 0 Å². The monoisotopic (exact) mass is 371 g/mol. The number of anilines is 1. The highest BCUT2D eigenvalue weighted by molar-refractivity contribution is 6.02. The maximum Gasteiger partial charge on any atom is 0.306 e. The van der Waals surface area contributed by atoms with E-state index in [2.05, 4.69) is 10.6 Å². The van der Waals surface area contributed by atoms with Crippen molar-refractivity contribution in [2.45, 2.75) is 44.2 Å². The van der Waals surface area contributed by atoms with E-state index in [1.807, 2.05) is 23.1 Å². The van der Waals surface area contributed by atoms with E-state index in [1.54, 1.807) is 6.07 Å². The summed E-state index contributed by atoms with van der Waals surface area (Å²) in [7, 11) is 0. The number of carbonyl (C=O) groups is 3. The molecular weight excluding hydrogens is 346 g/mol. The predicted molar refractivity (Wildman–Crippen MR) is 99.2 cm³/mol. The molecule has 4 rings (SSSR count). The molecule has 1 saturated carbocycles. The van der Waals surface area contributed by atoms with E-state index in [-0.39, 0.29) is 17.7 Å². The van der Waals surface area contributed by atoms with Gasteiger partial charge in [0.25, 0.3) is 5.91 Å². The zero-order valence-electron chi connectivity index (χ0n) is 15.2. The van der Waals surface area contributed by atoms with Gasteiger partial charge in [0.1, 0.15) is 5.66 Å². The number of nitrogens with one attached hydrogen (secondary N) is 2. The summed E-state index contributed by atoms with van der Waals surface area (Å²) in [5, 5.41) is 15.8. The minimum atomic E-state index is -0.794. The molecule has 3 N–H and O–H groups in total. The van der Waals surface area contributed by atoms with Gasteiger partial charge >= 0.3 is 5.97 Å². The molecule has 144 valence electrons. The lowest BCUT2D eigenvalue weighted by molar-refractivity contribution is -0.145. The zero-order valence-corrected chi connectivity index (χ0v) is 15.2. The van der Waals surface area contributed by atoms with Crippen LogP contribution in [0.15, 0.2) is 24.3 Å². The fourth-order valence-corrected chi connectivity index (χ4v) is 4.62. The Morgan fingerprint density at radius 1 is 1.07 bits per heavy atom. The fourth-order valence-electron chi connectivity index (χ4n) is 4.62. The Morgan fingerprint density at radius 2 is 1.78 bits per heavy atom. The molecule has 7 heteroatoms. The fraction of sp³-hybridized carbons (Fsp3) is 0.550. The summed E-state index contributed by atoms with van der Waals surface area (Å²) in [6.45, 7) is 1.12. The minimum Gasteiger partial charge on any atom is -0.481 e. The first-order valence-electron chi connectivity index (χ1n) is 9.69. The van der Waals surface area contributed by atoms with Gasteiger partial charge in [-0.1, -0.05) is 18.6 Å². The van der Waals surface area contributed by atoms with E-state index in [0.29, 0.717) is 44.3 Å². The van der Waals surface area contributed by atoms with Gasteiger partial charge in [-0.3, -0.25) is 14.4 Å². The molecule has 2 atom stereocenters. The predicted octanol–water partition coefficient (Wildman–Crippen LogP) is 2.05. The van der Waals surface area contributed by atoms with Crippen LogP contribution < -0.4 is 10.6 Å². The lowest BCUT2D eigenvalue weighted by atomic mass is 9.80. The summed E-state index contributed by atoms with van der Waals surface area (Å²) in [5.41, 5.74) is 0.958. The molecule has 7 nitrogen and oxygen atoms in total. The van der Waals surface area contributed by atoms with Crippen LogP contribution in [0.5, 0.6) is 0 Å². The van der Waals surface area contributed by atoms with Crippen molar-refractivity contribution < 1.29 is 19.5 Å². The zero-order chi connectivity index (χ0) is 19.0. The molecule has 0 aromatic heterocycles. The molecule has 1 aromatic rings. The number of fused-ring (bicyclic) bond motifs is 1. The molecule has 2 aliphatic heterocycles. The highest BCUT2D eigenvalue weighted by Gasteiger charge is 2.42. The molecule has 1 spiro atoms. The highest BCUT2D eigenvalue weighted by Crippen LogP contribution is 2.34. The topological polar surface area (TPSA) is 98.7 Å². The number of aliphatic carboxylic acids is 1. The van der Waals surface area contributed by atoms with Gasteiger partial charge in [0.2, 0.25) is 5.91 Å². The Bertz CT molecular complexity index is 770. The van der Waals surface area contributed by atoms with Gasteiger partial charge in [0.05, 0.1) is 11.5 Å². The van der Waals surface area contributed by atoms with Crippen molar-refractivity contribution in [3.8, 4) is 0 Å². The molecule has 2 amide bonds. The van der Waals surface area contributed by atoms with Gasteiger partial charge in [-0.15, -0.1) is 0 Å². The molecule has 0 radical (unpaired) electrons. The van der Waals surface area contributed by atoms with Crippen molar-refractivity contribution in [1.29, 1.82) is 0 Å². The molecule has 27 heavy (non-hydrogen) atoms. The summed E-state index contributed by atoms with van der Waals surface area (Å²) >= 11 is 0. The number of hydrogen-bond donors (Lipinski definition) is 3. The van der Waals surface area contributed by atoms with Crippen LogP contribution in [0.4, 0.5) is 5.69 Å². The number of carbonyl (C=O) groups excluding carboxylic acids is 2. The van der Waals surface area contributed by atoms with Crippen molar-refractivity contribution in [3.63, 3.8) is 0 Å². The number of carboxylic acids is 1. The first-order valence-corrected chi connectivity index (χ1v) is 9.69. The quantitative estimate of drug-likeness (QED) is 0.739. The van der Waals surface area contributed by atoms with E-state index in [9.17, 15) is 19.5 Å². The number of carboxylic acid groups (broad SMARTS) is 1. The van der Waals surface area contributed by atoms with E-state index in [4.69, 9.17) is 0 Å². The molecule has 0 unspecified atom stereocenters. The van der Waals surface area contributed by atoms with Crippen molar-refractivity contribution in [3.05, 3.63) is 29.8 Å². The Labute approximate surface area is 158 Å². The van der Waals surface area contributed by atoms with Crippen LogP contribution in [0.1, 0.15) is 48.9 Å². The summed E-state index contributed by atoms with van der Waals surface area (Å²) < 4.78 is 0. The molecule has 0 bridgehead atoms. The van der Waals surface area contributed by atoms with Crippen molar-refractivity contribution in [1.82, 2.24) is 10.2 Å². The van der Waals surface area contributed by atoms with Crippen molar-refractivity contribution in [2.24, 2.45) is 11.8 Å². The first-order chi connectivity index (χ1) is 13.0. The Hall–Kier alpha value is -2.57. The Balaban J connectivity index is 1.40. The van der Waals surface area contributed by atoms with Crippen LogP contribution in [-0.4, -0.2) is 46.5 Å². The number of rotatable bonds is 2. The Morgan fingerprint density at radius 3 is 2.52 bits per heavy atom. The summed E-state index contributed by atoms with van der Waals surface area (Å²) in [4.78, 5) is 38.4. The summed E-state index contributed by atoms with van der Waals surface area (Å²) in [6, 6.07) is 7.44. The third-order valence-electron chi connectivity index (χ3n) is 6.20. The first kappa shape index (κ1) is 17.8. The second-order valence-corrected chi connectivity index (χ2v) is 7.93. The number of hydrogen-bond acceptors (Lipinski definition) is 4. The lowest BCUT2D eigenvalue weighted by Gasteiger charge is -2.46. The van der Waals surface area contributed by atoms with Gasteiger partial charge < -0.3 is 20.6 Å². The minimum absolute atomic E-state index is 0.0679. The van der Waals surface area contributed by atoms with Gasteiger partial charge in [-0.2, -0.15) is 0 Å². The Kier molecular flexibility index (Phi) is 4.53.